The van der Waals surface area contributed by atoms with E-state index in [-0.39, 0.29) is 23.4 Å². The molecule has 1 unspecified atom stereocenters. The summed E-state index contributed by atoms with van der Waals surface area (Å²) in [5.74, 6) is 1.93. The van der Waals surface area contributed by atoms with Crippen LogP contribution in [0.15, 0.2) is 9.42 Å². The van der Waals surface area contributed by atoms with Crippen molar-refractivity contribution in [2.75, 3.05) is 37.8 Å². The Balaban J connectivity index is 1.72. The van der Waals surface area contributed by atoms with Gasteiger partial charge in [0.2, 0.25) is 15.9 Å². The fraction of sp³-hybridized carbons (Fsp3) is 0.714. The molecule has 1 amide bonds. The molecule has 1 aromatic rings. The number of carbonyl (C=O) groups is 1. The van der Waals surface area contributed by atoms with Crippen molar-refractivity contribution < 1.29 is 17.7 Å². The highest BCUT2D eigenvalue weighted by Crippen LogP contribution is 2.24. The van der Waals surface area contributed by atoms with E-state index in [2.05, 4.69) is 10.5 Å². The molecule has 8 nitrogen and oxygen atoms in total. The number of aromatic nitrogens is 1. The number of sulfonamides is 1. The molecule has 2 aliphatic heterocycles. The molecule has 0 radical (unpaired) electrons. The third-order valence-corrected chi connectivity index (χ3v) is 7.43. The molecule has 1 aromatic heterocycles. The molecule has 1 N–H and O–H groups in total. The van der Waals surface area contributed by atoms with Crippen LogP contribution in [0.5, 0.6) is 0 Å². The lowest BCUT2D eigenvalue weighted by molar-refractivity contribution is -0.132. The first-order chi connectivity index (χ1) is 11.4. The van der Waals surface area contributed by atoms with Crippen molar-refractivity contribution in [1.29, 1.82) is 0 Å². The van der Waals surface area contributed by atoms with Gasteiger partial charge in [-0.25, -0.2) is 8.42 Å². The first kappa shape index (κ1) is 17.7. The number of hydrogen-bond acceptors (Lipinski definition) is 7. The average molecular weight is 374 g/mol. The van der Waals surface area contributed by atoms with E-state index in [0.717, 1.165) is 11.6 Å². The maximum absolute atomic E-state index is 12.9. The molecule has 1 atom stereocenters. The van der Waals surface area contributed by atoms with E-state index in [1.54, 1.807) is 30.5 Å². The van der Waals surface area contributed by atoms with Gasteiger partial charge in [-0.1, -0.05) is 5.16 Å². The van der Waals surface area contributed by atoms with Gasteiger partial charge in [-0.2, -0.15) is 4.31 Å². The normalized spacial score (nSPS) is 23.4. The maximum atomic E-state index is 12.9. The van der Waals surface area contributed by atoms with Crippen molar-refractivity contribution in [3.8, 4) is 0 Å². The summed E-state index contributed by atoms with van der Waals surface area (Å²) < 4.78 is 32.2. The van der Waals surface area contributed by atoms with Gasteiger partial charge >= 0.3 is 0 Å². The number of nitrogens with one attached hydrogen (secondary N) is 1. The predicted molar refractivity (Wildman–Crippen MR) is 90.2 cm³/mol. The second kappa shape index (κ2) is 7.03. The fourth-order valence-corrected chi connectivity index (χ4v) is 5.79. The summed E-state index contributed by atoms with van der Waals surface area (Å²) in [7, 11) is -3.65. The molecular weight excluding hydrogens is 352 g/mol. The zero-order chi connectivity index (χ0) is 17.3. The van der Waals surface area contributed by atoms with Crippen LogP contribution in [0.3, 0.4) is 0 Å². The Morgan fingerprint density at radius 3 is 2.71 bits per heavy atom. The van der Waals surface area contributed by atoms with E-state index in [9.17, 15) is 13.2 Å². The SMILES string of the molecule is Cc1noc(C)c1S(=O)(=O)N1CCCN(C(=O)C2CSCN2)CC1. The smallest absolute Gasteiger partial charge is 0.248 e. The highest BCUT2D eigenvalue weighted by molar-refractivity contribution is 7.99. The van der Waals surface area contributed by atoms with Crippen molar-refractivity contribution in [1.82, 2.24) is 19.7 Å². The summed E-state index contributed by atoms with van der Waals surface area (Å²) >= 11 is 1.70. The highest BCUT2D eigenvalue weighted by atomic mass is 32.2. The lowest BCUT2D eigenvalue weighted by Crippen LogP contribution is -2.46. The van der Waals surface area contributed by atoms with Gasteiger partial charge < -0.3 is 9.42 Å². The van der Waals surface area contributed by atoms with Crippen LogP contribution in [-0.2, 0) is 14.8 Å². The number of thioether (sulfide) groups is 1. The molecule has 0 aliphatic carbocycles. The van der Waals surface area contributed by atoms with E-state index in [1.807, 2.05) is 0 Å². The molecule has 0 aromatic carbocycles. The molecule has 10 heteroatoms. The van der Waals surface area contributed by atoms with Crippen LogP contribution in [0.1, 0.15) is 17.9 Å². The van der Waals surface area contributed by atoms with Gasteiger partial charge in [0.05, 0.1) is 6.04 Å². The minimum Gasteiger partial charge on any atom is -0.360 e. The van der Waals surface area contributed by atoms with Crippen LogP contribution in [0.25, 0.3) is 0 Å². The zero-order valence-electron chi connectivity index (χ0n) is 13.8. The Hall–Kier alpha value is -1.10. The number of rotatable bonds is 3. The Morgan fingerprint density at radius 2 is 2.08 bits per heavy atom. The topological polar surface area (TPSA) is 95.8 Å². The standard InChI is InChI=1S/C14H22N4O4S2/c1-10-13(11(2)22-16-10)24(20,21)18-5-3-4-17(6-7-18)14(19)12-8-23-9-15-12/h12,15H,3-9H2,1-2H3. The van der Waals surface area contributed by atoms with Crippen molar-refractivity contribution >= 4 is 27.7 Å². The van der Waals surface area contributed by atoms with Crippen molar-refractivity contribution in [3.05, 3.63) is 11.5 Å². The van der Waals surface area contributed by atoms with Crippen LogP contribution in [-0.4, -0.2) is 72.5 Å². The summed E-state index contributed by atoms with van der Waals surface area (Å²) in [6.07, 6.45) is 0.619. The number of hydrogen-bond donors (Lipinski definition) is 1. The molecule has 134 valence electrons. The Kier molecular flexibility index (Phi) is 5.19. The predicted octanol–water partition coefficient (Wildman–Crippen LogP) is 0.177. The Bertz CT molecular complexity index is 693. The Labute approximate surface area is 146 Å². The van der Waals surface area contributed by atoms with Crippen LogP contribution in [0, 0.1) is 13.8 Å². The lowest BCUT2D eigenvalue weighted by Gasteiger charge is -2.24. The zero-order valence-corrected chi connectivity index (χ0v) is 15.5. The molecule has 2 fully saturated rings. The largest absolute Gasteiger partial charge is 0.360 e. The van der Waals surface area contributed by atoms with Gasteiger partial charge in [-0.05, 0) is 20.3 Å². The molecular formula is C14H22N4O4S2. The second-order valence-electron chi connectivity index (χ2n) is 6.01. The number of aryl methyl sites for hydroxylation is 2. The quantitative estimate of drug-likeness (QED) is 0.806. The third-order valence-electron chi connectivity index (χ3n) is 4.35. The first-order valence-corrected chi connectivity index (χ1v) is 10.5. The van der Waals surface area contributed by atoms with Gasteiger partial charge in [0, 0.05) is 37.8 Å². The van der Waals surface area contributed by atoms with Crippen molar-refractivity contribution in [2.24, 2.45) is 0 Å². The molecule has 24 heavy (non-hydrogen) atoms. The molecule has 2 aliphatic rings. The van der Waals surface area contributed by atoms with Crippen molar-refractivity contribution in [3.63, 3.8) is 0 Å². The summed E-state index contributed by atoms with van der Waals surface area (Å²) in [5, 5.41) is 6.91. The fourth-order valence-electron chi connectivity index (χ4n) is 3.10. The molecule has 3 heterocycles. The van der Waals surface area contributed by atoms with E-state index < -0.39 is 10.0 Å². The lowest BCUT2D eigenvalue weighted by atomic mass is 10.2. The molecule has 0 bridgehead atoms. The Morgan fingerprint density at radius 1 is 1.29 bits per heavy atom. The maximum Gasteiger partial charge on any atom is 0.248 e. The molecule has 3 rings (SSSR count). The number of nitrogens with zero attached hydrogens (tertiary/aromatic N) is 3. The minimum absolute atomic E-state index is 0.0663. The summed E-state index contributed by atoms with van der Waals surface area (Å²) in [6.45, 7) is 4.89. The molecule has 2 saturated heterocycles. The average Bonchev–Trinajstić information content (AvgIpc) is 3.10. The van der Waals surface area contributed by atoms with E-state index in [1.165, 1.54) is 4.31 Å². The molecule has 0 saturated carbocycles. The summed E-state index contributed by atoms with van der Waals surface area (Å²) in [5.41, 5.74) is 0.372. The van der Waals surface area contributed by atoms with Crippen LogP contribution < -0.4 is 5.32 Å². The minimum atomic E-state index is -3.65. The van der Waals surface area contributed by atoms with Gasteiger partial charge in [-0.3, -0.25) is 10.1 Å². The highest BCUT2D eigenvalue weighted by Gasteiger charge is 2.34. The second-order valence-corrected chi connectivity index (χ2v) is 8.91. The van der Waals surface area contributed by atoms with Crippen LogP contribution in [0.4, 0.5) is 0 Å². The van der Waals surface area contributed by atoms with Crippen molar-refractivity contribution in [2.45, 2.75) is 31.2 Å². The first-order valence-electron chi connectivity index (χ1n) is 7.94. The van der Waals surface area contributed by atoms with Gasteiger partial charge in [0.15, 0.2) is 5.76 Å². The number of amides is 1. The van der Waals surface area contributed by atoms with Crippen LogP contribution in [0.2, 0.25) is 0 Å². The summed E-state index contributed by atoms with van der Waals surface area (Å²) in [6, 6.07) is -0.152. The van der Waals surface area contributed by atoms with E-state index in [0.29, 0.717) is 37.5 Å². The van der Waals surface area contributed by atoms with E-state index in [4.69, 9.17) is 4.52 Å². The third kappa shape index (κ3) is 3.32. The van der Waals surface area contributed by atoms with Crippen LogP contribution >= 0.6 is 11.8 Å². The number of carbonyl (C=O) groups excluding carboxylic acids is 1. The van der Waals surface area contributed by atoms with E-state index >= 15 is 0 Å². The van der Waals surface area contributed by atoms with Gasteiger partial charge in [0.25, 0.3) is 0 Å². The monoisotopic (exact) mass is 374 g/mol. The van der Waals surface area contributed by atoms with Gasteiger partial charge in [-0.15, -0.1) is 11.8 Å². The molecule has 0 spiro atoms. The van der Waals surface area contributed by atoms with Gasteiger partial charge in [0.1, 0.15) is 10.6 Å². The summed E-state index contributed by atoms with van der Waals surface area (Å²) in [4.78, 5) is 14.4.